The molecule has 0 bridgehead atoms. The summed E-state index contributed by atoms with van der Waals surface area (Å²) < 4.78 is 12.9. The Kier molecular flexibility index (Phi) is 6.57. The van der Waals surface area contributed by atoms with Crippen LogP contribution in [0.4, 0.5) is 0 Å². The number of benzene rings is 2. The minimum atomic E-state index is -0.0454. The van der Waals surface area contributed by atoms with E-state index in [4.69, 9.17) is 21.7 Å². The molecule has 1 amide bonds. The molecule has 0 saturated carbocycles. The van der Waals surface area contributed by atoms with Gasteiger partial charge in [0.15, 0.2) is 0 Å². The molecular formula is C20H18BrNO3S2. The van der Waals surface area contributed by atoms with Crippen LogP contribution in [0.3, 0.4) is 0 Å². The van der Waals surface area contributed by atoms with E-state index < -0.39 is 0 Å². The zero-order valence-electron chi connectivity index (χ0n) is 14.9. The van der Waals surface area contributed by atoms with Gasteiger partial charge in [-0.15, -0.1) is 0 Å². The molecule has 3 rings (SSSR count). The number of carbonyl (C=O) groups excluding carboxylic acids is 1. The molecule has 1 fully saturated rings. The number of hydrogen-bond acceptors (Lipinski definition) is 5. The third kappa shape index (κ3) is 4.72. The van der Waals surface area contributed by atoms with Crippen LogP contribution in [0.1, 0.15) is 18.1 Å². The Morgan fingerprint density at radius 1 is 1.22 bits per heavy atom. The SMILES string of the molecule is CCN1C(=O)C(=Cc2ccc(OC)c(COc3ccc(Br)cc3)c2)SC1=S. The number of thioether (sulfide) groups is 1. The van der Waals surface area contributed by atoms with Crippen molar-refractivity contribution in [3.63, 3.8) is 0 Å². The molecule has 1 aliphatic rings. The van der Waals surface area contributed by atoms with Crippen molar-refractivity contribution in [3.8, 4) is 11.5 Å². The highest BCUT2D eigenvalue weighted by atomic mass is 79.9. The smallest absolute Gasteiger partial charge is 0.266 e. The lowest BCUT2D eigenvalue weighted by Gasteiger charge is -2.12. The minimum Gasteiger partial charge on any atom is -0.496 e. The normalized spacial score (nSPS) is 15.5. The quantitative estimate of drug-likeness (QED) is 0.431. The fourth-order valence-corrected chi connectivity index (χ4v) is 4.27. The van der Waals surface area contributed by atoms with E-state index in [1.54, 1.807) is 12.0 Å². The van der Waals surface area contributed by atoms with Gasteiger partial charge in [-0.25, -0.2) is 0 Å². The zero-order chi connectivity index (χ0) is 19.4. The van der Waals surface area contributed by atoms with Gasteiger partial charge in [0.2, 0.25) is 0 Å². The molecule has 0 spiro atoms. The van der Waals surface area contributed by atoms with Gasteiger partial charge in [-0.3, -0.25) is 9.69 Å². The summed E-state index contributed by atoms with van der Waals surface area (Å²) in [6.45, 7) is 2.86. The molecule has 1 saturated heterocycles. The van der Waals surface area contributed by atoms with Gasteiger partial charge < -0.3 is 9.47 Å². The molecule has 27 heavy (non-hydrogen) atoms. The molecule has 0 aliphatic carbocycles. The van der Waals surface area contributed by atoms with E-state index in [2.05, 4.69) is 15.9 Å². The van der Waals surface area contributed by atoms with Crippen molar-refractivity contribution in [2.45, 2.75) is 13.5 Å². The number of thiocarbonyl (C=S) groups is 1. The first-order valence-electron chi connectivity index (χ1n) is 8.32. The first kappa shape index (κ1) is 19.9. The molecule has 2 aromatic rings. The summed E-state index contributed by atoms with van der Waals surface area (Å²) >= 11 is 10.0. The summed E-state index contributed by atoms with van der Waals surface area (Å²) in [6.07, 6.45) is 1.86. The number of methoxy groups -OCH3 is 1. The van der Waals surface area contributed by atoms with Gasteiger partial charge >= 0.3 is 0 Å². The van der Waals surface area contributed by atoms with Crippen LogP contribution in [0.25, 0.3) is 6.08 Å². The maximum absolute atomic E-state index is 12.4. The molecule has 0 aromatic heterocycles. The summed E-state index contributed by atoms with van der Waals surface area (Å²) in [5.74, 6) is 1.47. The maximum Gasteiger partial charge on any atom is 0.266 e. The van der Waals surface area contributed by atoms with Crippen LogP contribution in [-0.2, 0) is 11.4 Å². The summed E-state index contributed by atoms with van der Waals surface area (Å²) in [5, 5.41) is 0. The Labute approximate surface area is 176 Å². The average Bonchev–Trinajstić information content (AvgIpc) is 2.94. The second-order valence-electron chi connectivity index (χ2n) is 5.74. The van der Waals surface area contributed by atoms with E-state index in [9.17, 15) is 4.79 Å². The maximum atomic E-state index is 12.4. The fourth-order valence-electron chi connectivity index (χ4n) is 2.62. The Hall–Kier alpha value is -1.83. The van der Waals surface area contributed by atoms with Crippen LogP contribution in [-0.4, -0.2) is 28.8 Å². The topological polar surface area (TPSA) is 38.8 Å². The number of nitrogens with zero attached hydrogens (tertiary/aromatic N) is 1. The van der Waals surface area contributed by atoms with Crippen LogP contribution >= 0.6 is 39.9 Å². The van der Waals surface area contributed by atoms with Crippen molar-refractivity contribution in [3.05, 3.63) is 63.0 Å². The molecule has 140 valence electrons. The van der Waals surface area contributed by atoms with Gasteiger partial charge in [-0.1, -0.05) is 46.0 Å². The molecule has 0 N–H and O–H groups in total. The number of halogens is 1. The predicted molar refractivity (Wildman–Crippen MR) is 117 cm³/mol. The van der Waals surface area contributed by atoms with Gasteiger partial charge in [0.05, 0.1) is 12.0 Å². The Balaban J connectivity index is 1.81. The summed E-state index contributed by atoms with van der Waals surface area (Å²) in [5.41, 5.74) is 1.81. The average molecular weight is 464 g/mol. The zero-order valence-corrected chi connectivity index (χ0v) is 18.1. The lowest BCUT2D eigenvalue weighted by molar-refractivity contribution is -0.121. The number of rotatable bonds is 6. The first-order valence-corrected chi connectivity index (χ1v) is 10.3. The van der Waals surface area contributed by atoms with Crippen LogP contribution in [0.5, 0.6) is 11.5 Å². The van der Waals surface area contributed by atoms with E-state index >= 15 is 0 Å². The van der Waals surface area contributed by atoms with Crippen LogP contribution in [0, 0.1) is 0 Å². The lowest BCUT2D eigenvalue weighted by atomic mass is 10.1. The monoisotopic (exact) mass is 463 g/mol. The van der Waals surface area contributed by atoms with Crippen molar-refractivity contribution in [2.75, 3.05) is 13.7 Å². The Morgan fingerprint density at radius 2 is 1.96 bits per heavy atom. The lowest BCUT2D eigenvalue weighted by Crippen LogP contribution is -2.27. The number of carbonyl (C=O) groups is 1. The second kappa shape index (κ2) is 8.91. The standard InChI is InChI=1S/C20H18BrNO3S2/c1-3-22-19(23)18(27-20(22)26)11-13-4-9-17(24-2)14(10-13)12-25-16-7-5-15(21)6-8-16/h4-11H,3,12H2,1-2H3. The van der Waals surface area contributed by atoms with E-state index in [0.29, 0.717) is 22.4 Å². The van der Waals surface area contributed by atoms with Gasteiger partial charge in [0.25, 0.3) is 5.91 Å². The molecule has 0 atom stereocenters. The Morgan fingerprint density at radius 3 is 2.59 bits per heavy atom. The van der Waals surface area contributed by atoms with E-state index in [-0.39, 0.29) is 5.91 Å². The summed E-state index contributed by atoms with van der Waals surface area (Å²) in [4.78, 5) is 14.6. The summed E-state index contributed by atoms with van der Waals surface area (Å²) in [6, 6.07) is 13.4. The van der Waals surface area contributed by atoms with Crippen LogP contribution in [0.2, 0.25) is 0 Å². The number of ether oxygens (including phenoxy) is 2. The van der Waals surface area contributed by atoms with Gasteiger partial charge in [-0.05, 0) is 55.0 Å². The molecule has 0 radical (unpaired) electrons. The van der Waals surface area contributed by atoms with Crippen molar-refractivity contribution in [2.24, 2.45) is 0 Å². The van der Waals surface area contributed by atoms with E-state index in [0.717, 1.165) is 27.1 Å². The number of hydrogen-bond donors (Lipinski definition) is 0. The molecule has 0 unspecified atom stereocenters. The van der Waals surface area contributed by atoms with Crippen molar-refractivity contribution >= 4 is 56.2 Å². The molecule has 2 aromatic carbocycles. The van der Waals surface area contributed by atoms with Crippen LogP contribution < -0.4 is 9.47 Å². The van der Waals surface area contributed by atoms with Crippen molar-refractivity contribution < 1.29 is 14.3 Å². The van der Waals surface area contributed by atoms with Gasteiger partial charge in [0.1, 0.15) is 22.4 Å². The first-order chi connectivity index (χ1) is 13.0. The number of amides is 1. The van der Waals surface area contributed by atoms with E-state index in [1.807, 2.05) is 55.5 Å². The highest BCUT2D eigenvalue weighted by molar-refractivity contribution is 9.10. The molecule has 7 heteroatoms. The van der Waals surface area contributed by atoms with Crippen molar-refractivity contribution in [1.29, 1.82) is 0 Å². The summed E-state index contributed by atoms with van der Waals surface area (Å²) in [7, 11) is 1.63. The third-order valence-electron chi connectivity index (χ3n) is 4.00. The van der Waals surface area contributed by atoms with Crippen molar-refractivity contribution in [1.82, 2.24) is 4.90 Å². The minimum absolute atomic E-state index is 0.0454. The number of likely N-dealkylation sites (N-methyl/N-ethyl adjacent to an activating group) is 1. The predicted octanol–water partition coefficient (Wildman–Crippen LogP) is 5.26. The highest BCUT2D eigenvalue weighted by Crippen LogP contribution is 2.33. The highest BCUT2D eigenvalue weighted by Gasteiger charge is 2.30. The molecule has 1 heterocycles. The van der Waals surface area contributed by atoms with Gasteiger partial charge in [-0.2, -0.15) is 0 Å². The Bertz CT molecular complexity index is 897. The molecule has 1 aliphatic heterocycles. The fraction of sp³-hybridized carbons (Fsp3) is 0.200. The largest absolute Gasteiger partial charge is 0.496 e. The van der Waals surface area contributed by atoms with Gasteiger partial charge in [0, 0.05) is 16.6 Å². The molecule has 4 nitrogen and oxygen atoms in total. The third-order valence-corrected chi connectivity index (χ3v) is 5.91. The van der Waals surface area contributed by atoms with E-state index in [1.165, 1.54) is 11.8 Å². The second-order valence-corrected chi connectivity index (χ2v) is 8.33. The van der Waals surface area contributed by atoms with Crippen LogP contribution in [0.15, 0.2) is 51.8 Å². The molecular weight excluding hydrogens is 446 g/mol.